The van der Waals surface area contributed by atoms with Crippen molar-refractivity contribution in [2.24, 2.45) is 0 Å². The van der Waals surface area contributed by atoms with Crippen LogP contribution >= 0.6 is 11.8 Å². The Kier molecular flexibility index (Phi) is 5.24. The molecule has 31 heavy (non-hydrogen) atoms. The van der Waals surface area contributed by atoms with Crippen molar-refractivity contribution in [1.82, 2.24) is 9.56 Å². The van der Waals surface area contributed by atoms with Gasteiger partial charge in [0.25, 0.3) is 0 Å². The Balaban J connectivity index is 1.78. The van der Waals surface area contributed by atoms with Crippen LogP contribution in [0.25, 0.3) is 33.3 Å². The molecular weight excluding hydrogens is 400 g/mol. The molecule has 1 heterocycles. The van der Waals surface area contributed by atoms with Gasteiger partial charge in [0.2, 0.25) is 5.36 Å². The first-order valence-electron chi connectivity index (χ1n) is 10.8. The third-order valence-corrected chi connectivity index (χ3v) is 7.02. The van der Waals surface area contributed by atoms with Gasteiger partial charge in [-0.2, -0.15) is 0 Å². The van der Waals surface area contributed by atoms with E-state index in [4.69, 9.17) is 9.40 Å². The molecule has 0 saturated heterocycles. The van der Waals surface area contributed by atoms with E-state index in [9.17, 15) is 0 Å². The fourth-order valence-electron chi connectivity index (χ4n) is 4.07. The molecule has 3 aromatic carbocycles. The number of aromatic nitrogens is 1. The molecule has 0 N–H and O–H groups in total. The van der Waals surface area contributed by atoms with Gasteiger partial charge in [0.1, 0.15) is 24.3 Å². The van der Waals surface area contributed by atoms with Gasteiger partial charge >= 0.3 is 0 Å². The number of aryl methyl sites for hydroxylation is 1. The van der Waals surface area contributed by atoms with Crippen molar-refractivity contribution >= 4 is 33.6 Å². The van der Waals surface area contributed by atoms with E-state index in [1.54, 1.807) is 11.8 Å². The summed E-state index contributed by atoms with van der Waals surface area (Å²) in [4.78, 5) is 7.44. The van der Waals surface area contributed by atoms with Crippen molar-refractivity contribution < 1.29 is 4.42 Å². The summed E-state index contributed by atoms with van der Waals surface area (Å²) in [7, 11) is 0. The van der Waals surface area contributed by atoms with Crippen LogP contribution in [0.15, 0.2) is 87.0 Å². The van der Waals surface area contributed by atoms with Gasteiger partial charge in [0.15, 0.2) is 11.3 Å². The summed E-state index contributed by atoms with van der Waals surface area (Å²) in [6.07, 6.45) is 0. The third kappa shape index (κ3) is 3.61. The number of hydrogen-bond acceptors (Lipinski definition) is 3. The molecule has 0 radical (unpaired) electrons. The summed E-state index contributed by atoms with van der Waals surface area (Å²) in [5, 5.41) is 3.48. The molecule has 4 heteroatoms. The quantitative estimate of drug-likeness (QED) is 0.191. The number of benzene rings is 4. The van der Waals surface area contributed by atoms with Crippen LogP contribution in [0.2, 0.25) is 0 Å². The summed E-state index contributed by atoms with van der Waals surface area (Å²) in [6.45, 7) is 8.42. The summed E-state index contributed by atoms with van der Waals surface area (Å²) in [5.74, 6) is 0.819. The van der Waals surface area contributed by atoms with Gasteiger partial charge in [-0.05, 0) is 49.9 Å². The van der Waals surface area contributed by atoms with Crippen molar-refractivity contribution in [3.8, 4) is 11.5 Å². The van der Waals surface area contributed by atoms with Crippen molar-refractivity contribution in [1.29, 1.82) is 0 Å². The van der Waals surface area contributed by atoms with Crippen LogP contribution in [0.4, 0.5) is 0 Å². The molecule has 1 aliphatic carbocycles. The van der Waals surface area contributed by atoms with E-state index in [1.165, 1.54) is 20.7 Å². The summed E-state index contributed by atoms with van der Waals surface area (Å²) in [6, 6.07) is 25.4. The Morgan fingerprint density at radius 2 is 1.58 bits per heavy atom. The Labute approximate surface area is 186 Å². The fourth-order valence-corrected chi connectivity index (χ4v) is 5.14. The average molecular weight is 426 g/mol. The minimum atomic E-state index is 0.819. The van der Waals surface area contributed by atoms with Crippen LogP contribution < -0.4 is 9.93 Å². The molecule has 154 valence electrons. The van der Waals surface area contributed by atoms with E-state index in [-0.39, 0.29) is 0 Å². The predicted octanol–water partition coefficient (Wildman–Crippen LogP) is 6.36. The van der Waals surface area contributed by atoms with E-state index >= 15 is 0 Å². The maximum atomic E-state index is 6.44. The fraction of sp³-hybridized carbons (Fsp3) is 0.185. The second-order valence-corrected chi connectivity index (χ2v) is 8.76. The van der Waals surface area contributed by atoms with Crippen molar-refractivity contribution in [3.05, 3.63) is 83.7 Å². The molecule has 3 aromatic rings. The molecule has 1 aliphatic heterocycles. The Bertz CT molecular complexity index is 1450. The first-order chi connectivity index (χ1) is 15.2. The molecular formula is C27H25N2OS+. The lowest BCUT2D eigenvalue weighted by atomic mass is 10.1. The van der Waals surface area contributed by atoms with Gasteiger partial charge in [-0.25, -0.2) is 9.56 Å². The summed E-state index contributed by atoms with van der Waals surface area (Å²) >= 11 is 1.78. The zero-order valence-corrected chi connectivity index (χ0v) is 18.9. The summed E-state index contributed by atoms with van der Waals surface area (Å²) < 4.78 is 8.76. The highest BCUT2D eigenvalue weighted by Gasteiger charge is 2.16. The Morgan fingerprint density at radius 1 is 0.839 bits per heavy atom. The standard InChI is InChI=1S/C27H25N2OS/c1-4-29(5-2)19-14-15-22-23(16-19)30-24-17-26(31-25-13-9-6-10-18(25)3)20-11-7-8-12-21(20)27(24)28-22/h6-17H,4-5H2,1-3H3/q+1. The topological polar surface area (TPSA) is 29.0 Å². The highest BCUT2D eigenvalue weighted by molar-refractivity contribution is 7.99. The molecule has 2 aliphatic rings. The Hall–Kier alpha value is -3.11. The maximum Gasteiger partial charge on any atom is 0.203 e. The molecule has 0 atom stereocenters. The van der Waals surface area contributed by atoms with Crippen LogP contribution in [0, 0.1) is 6.92 Å². The van der Waals surface area contributed by atoms with Crippen LogP contribution in [-0.4, -0.2) is 18.1 Å². The number of fused-ring (bicyclic) bond motifs is 4. The number of nitrogens with zero attached hydrogens (tertiary/aromatic N) is 2. The van der Waals surface area contributed by atoms with Crippen molar-refractivity contribution in [2.45, 2.75) is 30.6 Å². The van der Waals surface area contributed by atoms with Gasteiger partial charge in [-0.3, -0.25) is 0 Å². The van der Waals surface area contributed by atoms with Gasteiger partial charge in [0.05, 0.1) is 6.07 Å². The zero-order chi connectivity index (χ0) is 21.4. The first-order valence-corrected chi connectivity index (χ1v) is 11.6. The van der Waals surface area contributed by atoms with Crippen LogP contribution in [0.1, 0.15) is 19.4 Å². The predicted molar refractivity (Wildman–Crippen MR) is 130 cm³/mol. The molecule has 0 bridgehead atoms. The van der Waals surface area contributed by atoms with Gasteiger partial charge in [0, 0.05) is 21.2 Å². The maximum absolute atomic E-state index is 6.44. The lowest BCUT2D eigenvalue weighted by molar-refractivity contribution is 0.600. The molecule has 0 spiro atoms. The van der Waals surface area contributed by atoms with Gasteiger partial charge < -0.3 is 4.42 Å². The SMILES string of the molecule is CC[N+](CC)=c1ccc2nc3c(cc(Sc4ccccc4C)c4ccccc43)oc-2c1. The normalized spacial score (nSPS) is 11.5. The van der Waals surface area contributed by atoms with Gasteiger partial charge in [-0.1, -0.05) is 54.2 Å². The average Bonchev–Trinajstić information content (AvgIpc) is 2.80. The van der Waals surface area contributed by atoms with Crippen molar-refractivity contribution in [3.63, 3.8) is 0 Å². The molecule has 5 rings (SSSR count). The van der Waals surface area contributed by atoms with Gasteiger partial charge in [-0.15, -0.1) is 0 Å². The third-order valence-electron chi connectivity index (χ3n) is 5.78. The monoisotopic (exact) mass is 425 g/mol. The molecule has 0 unspecified atom stereocenters. The smallest absolute Gasteiger partial charge is 0.203 e. The number of rotatable bonds is 4. The summed E-state index contributed by atoms with van der Waals surface area (Å²) in [5.41, 5.74) is 3.88. The minimum Gasteiger partial charge on any atom is -0.452 e. The van der Waals surface area contributed by atoms with Crippen LogP contribution in [0.3, 0.4) is 0 Å². The first kappa shape index (κ1) is 19.8. The molecule has 0 amide bonds. The second kappa shape index (κ2) is 8.20. The van der Waals surface area contributed by atoms with E-state index < -0.39 is 0 Å². The highest BCUT2D eigenvalue weighted by atomic mass is 32.2. The van der Waals surface area contributed by atoms with Crippen LogP contribution in [-0.2, 0) is 0 Å². The van der Waals surface area contributed by atoms with E-state index in [0.717, 1.165) is 46.4 Å². The lowest BCUT2D eigenvalue weighted by Crippen LogP contribution is -2.29. The number of hydrogen-bond donors (Lipinski definition) is 0. The molecule has 0 aromatic heterocycles. The Morgan fingerprint density at radius 3 is 2.35 bits per heavy atom. The largest absolute Gasteiger partial charge is 0.452 e. The van der Waals surface area contributed by atoms with Crippen LogP contribution in [0.5, 0.6) is 0 Å². The van der Waals surface area contributed by atoms with Crippen molar-refractivity contribution in [2.75, 3.05) is 13.1 Å². The molecule has 0 saturated carbocycles. The molecule has 3 nitrogen and oxygen atoms in total. The zero-order valence-electron chi connectivity index (χ0n) is 18.1. The minimum absolute atomic E-state index is 0.819. The van der Waals surface area contributed by atoms with E-state index in [2.05, 4.69) is 98.1 Å². The second-order valence-electron chi connectivity index (χ2n) is 7.67. The lowest BCUT2D eigenvalue weighted by Gasteiger charge is -2.12. The highest BCUT2D eigenvalue weighted by Crippen LogP contribution is 2.39. The molecule has 0 fully saturated rings. The van der Waals surface area contributed by atoms with E-state index in [0.29, 0.717) is 0 Å². The van der Waals surface area contributed by atoms with E-state index in [1.807, 2.05) is 0 Å².